The molecule has 0 amide bonds. The average Bonchev–Trinajstić information content (AvgIpc) is 3.15. The summed E-state index contributed by atoms with van der Waals surface area (Å²) in [6, 6.07) is 12.6. The highest BCUT2D eigenvalue weighted by Gasteiger charge is 2.30. The molecule has 0 spiro atoms. The standard InChI is InChI=1S/C21H15F3N4O3/c1-30-19(29)12-7-8-15-17(10-12)28-20(26-15)27-16-6-3-9-25-18(16)31-14-5-2-4-13(11-14)21(22,23)24/h2-11H,1H3,(H2,26,27,28). The number of nitrogens with zero attached hydrogens (tertiary/aromatic N) is 2. The molecule has 0 aliphatic rings. The SMILES string of the molecule is COC(=O)c1ccc2nc(Nc3cccnc3Oc3cccc(C(F)(F)F)c3)[nH]c2c1. The molecule has 0 aliphatic heterocycles. The van der Waals surface area contributed by atoms with E-state index in [0.29, 0.717) is 28.2 Å². The predicted molar refractivity (Wildman–Crippen MR) is 106 cm³/mol. The number of ether oxygens (including phenoxy) is 2. The van der Waals surface area contributed by atoms with E-state index in [1.54, 1.807) is 30.3 Å². The minimum Gasteiger partial charge on any atom is -0.465 e. The number of aromatic nitrogens is 3. The summed E-state index contributed by atoms with van der Waals surface area (Å²) in [5, 5.41) is 3.00. The first-order chi connectivity index (χ1) is 14.8. The second-order valence-corrected chi connectivity index (χ2v) is 6.42. The number of imidazole rings is 1. The third kappa shape index (κ3) is 4.42. The van der Waals surface area contributed by atoms with Gasteiger partial charge in [0.2, 0.25) is 11.8 Å². The first-order valence-electron chi connectivity index (χ1n) is 8.99. The Balaban J connectivity index is 1.60. The Morgan fingerprint density at radius 2 is 1.94 bits per heavy atom. The van der Waals surface area contributed by atoms with Gasteiger partial charge in [0.25, 0.3) is 0 Å². The molecule has 0 radical (unpaired) electrons. The van der Waals surface area contributed by atoms with Crippen molar-refractivity contribution in [2.45, 2.75) is 6.18 Å². The molecule has 2 heterocycles. The number of rotatable bonds is 5. The summed E-state index contributed by atoms with van der Waals surface area (Å²) in [5.41, 5.74) is 1.11. The van der Waals surface area contributed by atoms with Gasteiger partial charge in [-0.1, -0.05) is 6.07 Å². The van der Waals surface area contributed by atoms with Crippen LogP contribution in [0.4, 0.5) is 24.8 Å². The Morgan fingerprint density at radius 1 is 1.10 bits per heavy atom. The van der Waals surface area contributed by atoms with Gasteiger partial charge in [-0.2, -0.15) is 13.2 Å². The second-order valence-electron chi connectivity index (χ2n) is 6.42. The van der Waals surface area contributed by atoms with Crippen molar-refractivity contribution in [3.63, 3.8) is 0 Å². The Hall–Kier alpha value is -4.08. The zero-order chi connectivity index (χ0) is 22.0. The van der Waals surface area contributed by atoms with Crippen molar-refractivity contribution in [3.8, 4) is 11.6 Å². The molecular formula is C21H15F3N4O3. The predicted octanol–water partition coefficient (Wildman–Crippen LogP) is 5.30. The number of alkyl halides is 3. The number of pyridine rings is 1. The van der Waals surface area contributed by atoms with Crippen LogP contribution in [0.25, 0.3) is 11.0 Å². The molecule has 158 valence electrons. The van der Waals surface area contributed by atoms with Gasteiger partial charge in [0.15, 0.2) is 0 Å². The molecule has 2 N–H and O–H groups in total. The number of esters is 1. The monoisotopic (exact) mass is 428 g/mol. The number of aromatic amines is 1. The summed E-state index contributed by atoms with van der Waals surface area (Å²) < 4.78 is 49.1. The first kappa shape index (κ1) is 20.2. The molecule has 0 fully saturated rings. The van der Waals surface area contributed by atoms with Crippen LogP contribution >= 0.6 is 0 Å². The van der Waals surface area contributed by atoms with Gasteiger partial charge in [0.05, 0.1) is 29.3 Å². The van der Waals surface area contributed by atoms with Gasteiger partial charge in [-0.15, -0.1) is 0 Å². The molecule has 31 heavy (non-hydrogen) atoms. The fourth-order valence-corrected chi connectivity index (χ4v) is 2.86. The van der Waals surface area contributed by atoms with E-state index in [2.05, 4.69) is 20.3 Å². The summed E-state index contributed by atoms with van der Waals surface area (Å²) in [4.78, 5) is 23.2. The van der Waals surface area contributed by atoms with Crippen LogP contribution in [0.1, 0.15) is 15.9 Å². The highest BCUT2D eigenvalue weighted by molar-refractivity contribution is 5.94. The van der Waals surface area contributed by atoms with Gasteiger partial charge in [-0.3, -0.25) is 0 Å². The highest BCUT2D eigenvalue weighted by atomic mass is 19.4. The molecule has 0 saturated carbocycles. The number of H-pyrrole nitrogens is 1. The lowest BCUT2D eigenvalue weighted by Gasteiger charge is -2.12. The number of hydrogen-bond donors (Lipinski definition) is 2. The Morgan fingerprint density at radius 3 is 2.71 bits per heavy atom. The third-order valence-corrected chi connectivity index (χ3v) is 4.30. The molecule has 0 atom stereocenters. The van der Waals surface area contributed by atoms with Crippen molar-refractivity contribution in [2.75, 3.05) is 12.4 Å². The molecule has 0 unspecified atom stereocenters. The van der Waals surface area contributed by atoms with E-state index in [1.165, 1.54) is 25.4 Å². The van der Waals surface area contributed by atoms with Crippen LogP contribution in [0, 0.1) is 0 Å². The van der Waals surface area contributed by atoms with Crippen molar-refractivity contribution in [3.05, 3.63) is 71.9 Å². The molecular weight excluding hydrogens is 413 g/mol. The molecule has 2 aromatic heterocycles. The van der Waals surface area contributed by atoms with E-state index in [-0.39, 0.29) is 11.6 Å². The number of hydrogen-bond acceptors (Lipinski definition) is 6. The van der Waals surface area contributed by atoms with Crippen LogP contribution in [-0.2, 0) is 10.9 Å². The van der Waals surface area contributed by atoms with E-state index < -0.39 is 17.7 Å². The quantitative estimate of drug-likeness (QED) is 0.420. The largest absolute Gasteiger partial charge is 0.465 e. The van der Waals surface area contributed by atoms with Crippen LogP contribution in [0.15, 0.2) is 60.8 Å². The number of methoxy groups -OCH3 is 1. The van der Waals surface area contributed by atoms with Crippen molar-refractivity contribution in [1.29, 1.82) is 0 Å². The fourth-order valence-electron chi connectivity index (χ4n) is 2.86. The number of carbonyl (C=O) groups is 1. The second kappa shape index (κ2) is 7.98. The zero-order valence-corrected chi connectivity index (χ0v) is 16.0. The van der Waals surface area contributed by atoms with Gasteiger partial charge >= 0.3 is 12.1 Å². The van der Waals surface area contributed by atoms with Gasteiger partial charge in [-0.25, -0.2) is 14.8 Å². The smallest absolute Gasteiger partial charge is 0.416 e. The van der Waals surface area contributed by atoms with Gasteiger partial charge in [0.1, 0.15) is 11.4 Å². The van der Waals surface area contributed by atoms with Crippen molar-refractivity contribution in [1.82, 2.24) is 15.0 Å². The summed E-state index contributed by atoms with van der Waals surface area (Å²) in [6.45, 7) is 0. The maximum Gasteiger partial charge on any atom is 0.416 e. The van der Waals surface area contributed by atoms with Crippen LogP contribution in [-0.4, -0.2) is 28.0 Å². The number of carbonyl (C=O) groups excluding carboxylic acids is 1. The average molecular weight is 428 g/mol. The highest BCUT2D eigenvalue weighted by Crippen LogP contribution is 2.34. The number of anilines is 2. The minimum absolute atomic E-state index is 0.0103. The Bertz CT molecular complexity index is 1250. The number of fused-ring (bicyclic) bond motifs is 1. The molecule has 10 heteroatoms. The lowest BCUT2D eigenvalue weighted by Crippen LogP contribution is -2.04. The normalized spacial score (nSPS) is 11.4. The Labute approximate surface area is 173 Å². The van der Waals surface area contributed by atoms with Gasteiger partial charge in [0, 0.05) is 6.20 Å². The molecule has 0 bridgehead atoms. The van der Waals surface area contributed by atoms with Crippen LogP contribution in [0.5, 0.6) is 11.6 Å². The third-order valence-electron chi connectivity index (χ3n) is 4.30. The lowest BCUT2D eigenvalue weighted by molar-refractivity contribution is -0.137. The number of halogens is 3. The fraction of sp³-hybridized carbons (Fsp3) is 0.0952. The summed E-state index contributed by atoms with van der Waals surface area (Å²) in [5.74, 6) is -0.0876. The zero-order valence-electron chi connectivity index (χ0n) is 16.0. The summed E-state index contributed by atoms with van der Waals surface area (Å²) >= 11 is 0. The maximum absolute atomic E-state index is 13.0. The molecule has 0 aliphatic carbocycles. The van der Waals surface area contributed by atoms with Crippen molar-refractivity contribution in [2.24, 2.45) is 0 Å². The molecule has 4 rings (SSSR count). The maximum atomic E-state index is 13.0. The topological polar surface area (TPSA) is 89.1 Å². The Kier molecular flexibility index (Phi) is 5.20. The molecule has 0 saturated heterocycles. The summed E-state index contributed by atoms with van der Waals surface area (Å²) in [6.07, 6.45) is -3.03. The van der Waals surface area contributed by atoms with Crippen molar-refractivity contribution < 1.29 is 27.4 Å². The van der Waals surface area contributed by atoms with Crippen LogP contribution < -0.4 is 10.1 Å². The molecule has 4 aromatic rings. The number of nitrogens with one attached hydrogen (secondary N) is 2. The lowest BCUT2D eigenvalue weighted by atomic mass is 10.2. The van der Waals surface area contributed by atoms with Crippen LogP contribution in [0.3, 0.4) is 0 Å². The minimum atomic E-state index is -4.48. The van der Waals surface area contributed by atoms with E-state index in [0.717, 1.165) is 12.1 Å². The van der Waals surface area contributed by atoms with Crippen LogP contribution in [0.2, 0.25) is 0 Å². The van der Waals surface area contributed by atoms with E-state index in [1.807, 2.05) is 0 Å². The molecule has 7 nitrogen and oxygen atoms in total. The molecule has 2 aromatic carbocycles. The van der Waals surface area contributed by atoms with Gasteiger partial charge < -0.3 is 19.8 Å². The van der Waals surface area contributed by atoms with E-state index in [9.17, 15) is 18.0 Å². The van der Waals surface area contributed by atoms with E-state index >= 15 is 0 Å². The van der Waals surface area contributed by atoms with Crippen molar-refractivity contribution >= 4 is 28.6 Å². The van der Waals surface area contributed by atoms with Gasteiger partial charge in [-0.05, 0) is 48.5 Å². The number of benzene rings is 2. The first-order valence-corrected chi connectivity index (χ1v) is 8.99. The van der Waals surface area contributed by atoms with E-state index in [4.69, 9.17) is 9.47 Å². The summed E-state index contributed by atoms with van der Waals surface area (Å²) in [7, 11) is 1.29.